The Hall–Kier alpha value is -9.90. The number of fused-ring (bicyclic) bond motifs is 10. The predicted molar refractivity (Wildman–Crippen MR) is 315 cm³/mol. The highest BCUT2D eigenvalue weighted by Gasteiger charge is 2.28. The molecule has 0 atom stereocenters. The summed E-state index contributed by atoms with van der Waals surface area (Å²) in [6.45, 7) is 0. The maximum absolute atomic E-state index is 2.51. The van der Waals surface area contributed by atoms with E-state index in [1.165, 1.54) is 54.4 Å². The number of hydrogen-bond acceptors (Lipinski definition) is 2. The molecule has 0 bridgehead atoms. The Morgan fingerprint density at radius 1 is 0.189 bits per heavy atom. The monoisotopic (exact) mass is 942 g/mol. The van der Waals surface area contributed by atoms with E-state index in [1.807, 2.05) is 0 Å². The van der Waals surface area contributed by atoms with Gasteiger partial charge in [-0.3, -0.25) is 0 Å². The summed E-state index contributed by atoms with van der Waals surface area (Å²) in [4.78, 5) is 5.02. The van der Waals surface area contributed by atoms with Crippen LogP contribution >= 0.6 is 0 Å². The van der Waals surface area contributed by atoms with Crippen molar-refractivity contribution in [1.29, 1.82) is 0 Å². The Bertz CT molecular complexity index is 4220. The zero-order chi connectivity index (χ0) is 48.7. The standard InChI is InChI=1S/C70H46N4/c1-3-23-47(24-4-1)71(65-43-45-67(55-29-9-7-27-53(55)65)73-61-39-19-15-31-49(61)50-32-16-20-40-62(50)73)69-57-35-11-13-37-59(57)70(60-38-14-12-36-58(60)69)72(48-25-5-2-6-26-48)66-44-46-68(56-30-10-8-28-54(56)66)74-63-41-21-17-33-51(63)52-34-18-22-42-64(52)74/h1-46H. The maximum atomic E-state index is 2.51. The van der Waals surface area contributed by atoms with Crippen molar-refractivity contribution in [1.82, 2.24) is 9.13 Å². The minimum absolute atomic E-state index is 1.08. The fourth-order valence-electron chi connectivity index (χ4n) is 12.2. The third-order valence-electron chi connectivity index (χ3n) is 15.2. The lowest BCUT2D eigenvalue weighted by Gasteiger charge is -2.34. The SMILES string of the molecule is c1ccc(N(c2ccc(-n3c4ccccc4c4ccccc43)c3ccccc23)c2c3ccccc3c(N(c3ccccc3)c3ccc(-n4c5ccccc5c5ccccc54)c4ccccc34)c3ccccc23)cc1. The lowest BCUT2D eigenvalue weighted by molar-refractivity contribution is 1.19. The molecule has 0 amide bonds. The molecule has 0 N–H and O–H groups in total. The van der Waals surface area contributed by atoms with E-state index in [9.17, 15) is 0 Å². The molecule has 0 aliphatic carbocycles. The molecule has 0 saturated heterocycles. The van der Waals surface area contributed by atoms with Crippen LogP contribution in [0.1, 0.15) is 0 Å². The second-order valence-corrected chi connectivity index (χ2v) is 19.2. The zero-order valence-corrected chi connectivity index (χ0v) is 40.3. The molecule has 15 rings (SSSR count). The molecule has 15 aromatic rings. The molecule has 0 saturated carbocycles. The normalized spacial score (nSPS) is 11.8. The molecule has 0 radical (unpaired) electrons. The summed E-state index contributed by atoms with van der Waals surface area (Å²) < 4.78 is 4.89. The molecule has 0 aliphatic heterocycles. The highest BCUT2D eigenvalue weighted by atomic mass is 15.2. The van der Waals surface area contributed by atoms with Crippen LogP contribution in [0.2, 0.25) is 0 Å². The van der Waals surface area contributed by atoms with E-state index in [1.54, 1.807) is 0 Å². The molecule has 2 heterocycles. The Morgan fingerprint density at radius 2 is 0.432 bits per heavy atom. The smallest absolute Gasteiger partial charge is 0.0620 e. The average molecular weight is 943 g/mol. The molecule has 346 valence electrons. The van der Waals surface area contributed by atoms with Crippen molar-refractivity contribution in [3.8, 4) is 11.4 Å². The van der Waals surface area contributed by atoms with Crippen molar-refractivity contribution < 1.29 is 0 Å². The molecular formula is C70H46N4. The maximum Gasteiger partial charge on any atom is 0.0620 e. The molecule has 74 heavy (non-hydrogen) atoms. The second kappa shape index (κ2) is 16.9. The molecular weight excluding hydrogens is 897 g/mol. The lowest BCUT2D eigenvalue weighted by Crippen LogP contribution is -2.15. The summed E-state index contributed by atoms with van der Waals surface area (Å²) in [5, 5.41) is 14.2. The Balaban J connectivity index is 1.00. The topological polar surface area (TPSA) is 16.3 Å². The average Bonchev–Trinajstić information content (AvgIpc) is 3.99. The molecule has 0 fully saturated rings. The van der Waals surface area contributed by atoms with Gasteiger partial charge in [0, 0.05) is 76.0 Å². The van der Waals surface area contributed by atoms with Crippen molar-refractivity contribution in [2.24, 2.45) is 0 Å². The van der Waals surface area contributed by atoms with Crippen LogP contribution in [0.4, 0.5) is 34.1 Å². The van der Waals surface area contributed by atoms with Crippen molar-refractivity contribution in [3.63, 3.8) is 0 Å². The summed E-state index contributed by atoms with van der Waals surface area (Å²) in [5.74, 6) is 0. The summed E-state index contributed by atoms with van der Waals surface area (Å²) in [5.41, 5.74) is 13.7. The molecule has 4 nitrogen and oxygen atoms in total. The van der Waals surface area contributed by atoms with Gasteiger partial charge in [0.05, 0.1) is 56.2 Å². The van der Waals surface area contributed by atoms with Gasteiger partial charge in [0.15, 0.2) is 0 Å². The zero-order valence-electron chi connectivity index (χ0n) is 40.3. The van der Waals surface area contributed by atoms with E-state index in [-0.39, 0.29) is 0 Å². The van der Waals surface area contributed by atoms with Crippen molar-refractivity contribution in [2.45, 2.75) is 0 Å². The van der Waals surface area contributed by atoms with E-state index >= 15 is 0 Å². The molecule has 0 spiro atoms. The van der Waals surface area contributed by atoms with Crippen molar-refractivity contribution in [2.75, 3.05) is 9.80 Å². The third-order valence-corrected chi connectivity index (χ3v) is 15.2. The molecule has 0 aliphatic rings. The number of nitrogens with zero attached hydrogens (tertiary/aromatic N) is 4. The number of rotatable bonds is 8. The van der Waals surface area contributed by atoms with Crippen molar-refractivity contribution >= 4 is 121 Å². The molecule has 4 heteroatoms. The molecule has 0 unspecified atom stereocenters. The number of benzene rings is 13. The lowest BCUT2D eigenvalue weighted by atomic mass is 9.94. The van der Waals surface area contributed by atoms with Crippen LogP contribution in [0.25, 0.3) is 98.1 Å². The first-order chi connectivity index (χ1) is 36.8. The van der Waals surface area contributed by atoms with Crippen LogP contribution in [-0.4, -0.2) is 9.13 Å². The van der Waals surface area contributed by atoms with Gasteiger partial charge in [0.25, 0.3) is 0 Å². The fourth-order valence-corrected chi connectivity index (χ4v) is 12.2. The summed E-state index contributed by atoms with van der Waals surface area (Å²) >= 11 is 0. The molecule has 13 aromatic carbocycles. The van der Waals surface area contributed by atoms with E-state index in [2.05, 4.69) is 298 Å². The van der Waals surface area contributed by atoms with Gasteiger partial charge in [0.1, 0.15) is 0 Å². The van der Waals surface area contributed by atoms with Gasteiger partial charge in [-0.1, -0.05) is 206 Å². The fraction of sp³-hybridized carbons (Fsp3) is 0. The second-order valence-electron chi connectivity index (χ2n) is 19.2. The number of aromatic nitrogens is 2. The highest BCUT2D eigenvalue weighted by Crippen LogP contribution is 2.53. The Kier molecular flexibility index (Phi) is 9.54. The van der Waals surface area contributed by atoms with Gasteiger partial charge in [-0.25, -0.2) is 0 Å². The predicted octanol–water partition coefficient (Wildman–Crippen LogP) is 19.4. The van der Waals surface area contributed by atoms with Crippen molar-refractivity contribution in [3.05, 3.63) is 279 Å². The first-order valence-corrected chi connectivity index (χ1v) is 25.4. The van der Waals surface area contributed by atoms with Crippen LogP contribution < -0.4 is 9.80 Å². The van der Waals surface area contributed by atoms with E-state index < -0.39 is 0 Å². The van der Waals surface area contributed by atoms with Crippen LogP contribution in [0.15, 0.2) is 279 Å². The van der Waals surface area contributed by atoms with Gasteiger partial charge >= 0.3 is 0 Å². The minimum Gasteiger partial charge on any atom is -0.309 e. The third kappa shape index (κ3) is 6.28. The van der Waals surface area contributed by atoms with Gasteiger partial charge in [-0.2, -0.15) is 0 Å². The summed E-state index contributed by atoms with van der Waals surface area (Å²) in [6, 6.07) is 102. The first kappa shape index (κ1) is 41.8. The quantitative estimate of drug-likeness (QED) is 0.111. The molecule has 2 aromatic heterocycles. The van der Waals surface area contributed by atoms with Crippen LogP contribution in [0.3, 0.4) is 0 Å². The minimum atomic E-state index is 1.08. The van der Waals surface area contributed by atoms with Gasteiger partial charge in [-0.15, -0.1) is 0 Å². The summed E-state index contributed by atoms with van der Waals surface area (Å²) in [7, 11) is 0. The Morgan fingerprint density at radius 3 is 0.743 bits per heavy atom. The Labute approximate surface area is 428 Å². The van der Waals surface area contributed by atoms with Crippen LogP contribution in [-0.2, 0) is 0 Å². The first-order valence-electron chi connectivity index (χ1n) is 25.4. The van der Waals surface area contributed by atoms with Crippen LogP contribution in [0, 0.1) is 0 Å². The summed E-state index contributed by atoms with van der Waals surface area (Å²) in [6.07, 6.45) is 0. The van der Waals surface area contributed by atoms with Gasteiger partial charge in [0.2, 0.25) is 0 Å². The van der Waals surface area contributed by atoms with E-state index in [0.717, 1.165) is 77.8 Å². The largest absolute Gasteiger partial charge is 0.309 e. The van der Waals surface area contributed by atoms with E-state index in [0.29, 0.717) is 0 Å². The number of para-hydroxylation sites is 6. The van der Waals surface area contributed by atoms with Crippen LogP contribution in [0.5, 0.6) is 0 Å². The van der Waals surface area contributed by atoms with Gasteiger partial charge in [-0.05, 0) is 72.8 Å². The van der Waals surface area contributed by atoms with Gasteiger partial charge < -0.3 is 18.9 Å². The highest BCUT2D eigenvalue weighted by molar-refractivity contribution is 6.25. The number of anilines is 6. The number of hydrogen-bond donors (Lipinski definition) is 0. The van der Waals surface area contributed by atoms with E-state index in [4.69, 9.17) is 0 Å².